The SMILES string of the molecule is C.CC(C)(C)CC(=O)Cl.Cc1c(F)c(N(Cc2ccc(F)cc2)C(=O)OC(C)(C)C)c(F)c(C)c1NC(=O)CC(C)(C)C.Cc1c(N)c(C)c(F)c(N(Cc2ccc(F)cc2)C(=O)OC(C)(C)C)c1F.[2H]CC. The van der Waals surface area contributed by atoms with E-state index in [9.17, 15) is 36.7 Å². The van der Waals surface area contributed by atoms with Crippen molar-refractivity contribution in [3.63, 3.8) is 0 Å². The van der Waals surface area contributed by atoms with Crippen LogP contribution in [0.3, 0.4) is 0 Å². The lowest BCUT2D eigenvalue weighted by molar-refractivity contribution is -0.118. The van der Waals surface area contributed by atoms with Crippen LogP contribution in [0.5, 0.6) is 0 Å². The van der Waals surface area contributed by atoms with Crippen LogP contribution in [0.4, 0.5) is 58.7 Å². The topological polar surface area (TPSA) is 131 Å². The van der Waals surface area contributed by atoms with Crippen LogP contribution in [0.25, 0.3) is 0 Å². The summed E-state index contributed by atoms with van der Waals surface area (Å²) in [5.41, 5.74) is 3.54. The number of hydrogen-bond donors (Lipinski definition) is 2. The van der Waals surface area contributed by atoms with E-state index in [2.05, 4.69) is 5.32 Å². The lowest BCUT2D eigenvalue weighted by Crippen LogP contribution is -2.38. The van der Waals surface area contributed by atoms with Crippen LogP contribution < -0.4 is 20.9 Å². The second-order valence-corrected chi connectivity index (χ2v) is 21.4. The molecule has 3 N–H and O–H groups in total. The van der Waals surface area contributed by atoms with Crippen molar-refractivity contribution in [3.8, 4) is 0 Å². The third-order valence-electron chi connectivity index (χ3n) is 9.61. The number of hydrogen-bond acceptors (Lipinski definition) is 7. The van der Waals surface area contributed by atoms with E-state index in [1.54, 1.807) is 48.5 Å². The van der Waals surface area contributed by atoms with Crippen molar-refractivity contribution in [2.45, 2.75) is 169 Å². The normalized spacial score (nSPS) is 11.4. The van der Waals surface area contributed by atoms with Gasteiger partial charge in [-0.25, -0.2) is 35.9 Å². The molecule has 0 aliphatic carbocycles. The molecule has 0 aromatic heterocycles. The van der Waals surface area contributed by atoms with Crippen LogP contribution in [0.2, 0.25) is 0 Å². The molecule has 10 nitrogen and oxygen atoms in total. The van der Waals surface area contributed by atoms with Crippen molar-refractivity contribution >= 4 is 57.7 Å². The van der Waals surface area contributed by atoms with Gasteiger partial charge in [-0.1, -0.05) is 87.1 Å². The summed E-state index contributed by atoms with van der Waals surface area (Å²) >= 11 is 5.12. The van der Waals surface area contributed by atoms with Crippen molar-refractivity contribution in [1.82, 2.24) is 0 Å². The molecule has 0 heterocycles. The van der Waals surface area contributed by atoms with Crippen LogP contribution in [0.1, 0.15) is 152 Å². The van der Waals surface area contributed by atoms with Gasteiger partial charge in [0, 0.05) is 42.2 Å². The maximum Gasteiger partial charge on any atom is 0.415 e. The third-order valence-corrected chi connectivity index (χ3v) is 9.74. The Kier molecular flexibility index (Phi) is 24.4. The van der Waals surface area contributed by atoms with Crippen molar-refractivity contribution in [2.75, 3.05) is 20.9 Å². The van der Waals surface area contributed by atoms with Gasteiger partial charge in [0.1, 0.15) is 34.2 Å². The summed E-state index contributed by atoms with van der Waals surface area (Å²) in [6.45, 7) is 28.9. The number of nitrogens with one attached hydrogen (secondary N) is 1. The Hall–Kier alpha value is -5.77. The number of nitrogen functional groups attached to an aromatic ring is 1. The van der Waals surface area contributed by atoms with Gasteiger partial charge in [-0.2, -0.15) is 0 Å². The molecule has 17 heteroatoms. The number of ether oxygens (including phenoxy) is 2. The van der Waals surface area contributed by atoms with E-state index >= 15 is 8.78 Å². The maximum absolute atomic E-state index is 15.6. The Labute approximate surface area is 430 Å². The molecule has 4 aromatic carbocycles. The molecule has 0 saturated carbocycles. The summed E-state index contributed by atoms with van der Waals surface area (Å²) in [7, 11) is 0. The lowest BCUT2D eigenvalue weighted by Gasteiger charge is -2.29. The van der Waals surface area contributed by atoms with E-state index in [0.29, 0.717) is 24.4 Å². The van der Waals surface area contributed by atoms with E-state index in [4.69, 9.17) is 28.2 Å². The first kappa shape index (κ1) is 64.2. The van der Waals surface area contributed by atoms with Crippen molar-refractivity contribution < 1.29 is 56.4 Å². The molecule has 0 unspecified atom stereocenters. The maximum atomic E-state index is 15.6. The molecule has 402 valence electrons. The van der Waals surface area contributed by atoms with Crippen LogP contribution in [-0.4, -0.2) is 34.5 Å². The molecule has 0 aliphatic heterocycles. The Morgan fingerprint density at radius 2 is 0.875 bits per heavy atom. The van der Waals surface area contributed by atoms with Crippen LogP contribution in [-0.2, 0) is 32.2 Å². The number of carbonyl (C=O) groups is 4. The summed E-state index contributed by atoms with van der Waals surface area (Å²) in [5, 5.41) is 2.36. The zero-order valence-corrected chi connectivity index (χ0v) is 45.0. The Bertz CT molecular complexity index is 2440. The van der Waals surface area contributed by atoms with Gasteiger partial charge >= 0.3 is 12.2 Å². The number of nitrogens with two attached hydrogens (primary N) is 1. The fraction of sp³-hybridized carbons (Fsp3) is 0.491. The number of nitrogens with zero attached hydrogens (tertiary/aromatic N) is 2. The molecular formula is C55H77ClF6N4O6. The highest BCUT2D eigenvalue weighted by Gasteiger charge is 2.33. The van der Waals surface area contributed by atoms with Crippen molar-refractivity contribution in [1.29, 1.82) is 0 Å². The quantitative estimate of drug-likeness (QED) is 0.0969. The first-order valence-corrected chi connectivity index (χ1v) is 23.1. The van der Waals surface area contributed by atoms with Gasteiger partial charge in [0.2, 0.25) is 11.1 Å². The Balaban J connectivity index is 0.00000118. The highest BCUT2D eigenvalue weighted by Crippen LogP contribution is 2.38. The molecule has 4 rings (SSSR count). The van der Waals surface area contributed by atoms with E-state index in [-0.39, 0.29) is 82.5 Å². The fourth-order valence-electron chi connectivity index (χ4n) is 6.31. The van der Waals surface area contributed by atoms with Crippen molar-refractivity contribution in [2.24, 2.45) is 10.8 Å². The zero-order chi connectivity index (χ0) is 56.0. The molecular weight excluding hydrogens is 962 g/mol. The van der Waals surface area contributed by atoms with Gasteiger partial charge in [-0.15, -0.1) is 0 Å². The smallest absolute Gasteiger partial charge is 0.415 e. The first-order valence-electron chi connectivity index (χ1n) is 23.4. The summed E-state index contributed by atoms with van der Waals surface area (Å²) < 4.78 is 104. The lowest BCUT2D eigenvalue weighted by atomic mass is 9.92. The molecule has 0 saturated heterocycles. The number of amides is 3. The molecule has 0 bridgehead atoms. The summed E-state index contributed by atoms with van der Waals surface area (Å²) in [5.74, 6) is -5.19. The van der Waals surface area contributed by atoms with E-state index in [1.807, 2.05) is 41.5 Å². The van der Waals surface area contributed by atoms with E-state index in [1.165, 1.54) is 76.2 Å². The summed E-state index contributed by atoms with van der Waals surface area (Å²) in [6, 6.07) is 10.5. The molecule has 0 atom stereocenters. The minimum Gasteiger partial charge on any atom is -0.443 e. The molecule has 72 heavy (non-hydrogen) atoms. The summed E-state index contributed by atoms with van der Waals surface area (Å²) in [4.78, 5) is 50.1. The minimum absolute atomic E-state index is 0. The highest BCUT2D eigenvalue weighted by molar-refractivity contribution is 6.63. The minimum atomic E-state index is -0.998. The van der Waals surface area contributed by atoms with Gasteiger partial charge in [0.15, 0.2) is 23.3 Å². The van der Waals surface area contributed by atoms with Gasteiger partial charge < -0.3 is 20.5 Å². The average Bonchev–Trinajstić information content (AvgIpc) is 3.22. The van der Waals surface area contributed by atoms with Gasteiger partial charge in [0.25, 0.3) is 0 Å². The second-order valence-electron chi connectivity index (χ2n) is 21.0. The van der Waals surface area contributed by atoms with E-state index in [0.717, 1.165) is 9.80 Å². The number of carbonyl (C=O) groups excluding carboxylic acids is 4. The van der Waals surface area contributed by atoms with Crippen LogP contribution in [0.15, 0.2) is 48.5 Å². The number of anilines is 4. The third kappa shape index (κ3) is 21.1. The monoisotopic (exact) mass is 1040 g/mol. The summed E-state index contributed by atoms with van der Waals surface area (Å²) in [6.07, 6.45) is -1.27. The molecule has 0 aliphatic rings. The van der Waals surface area contributed by atoms with Crippen molar-refractivity contribution in [3.05, 3.63) is 117 Å². The number of halogens is 7. The van der Waals surface area contributed by atoms with Gasteiger partial charge in [-0.3, -0.25) is 19.4 Å². The molecule has 3 amide bonds. The second kappa shape index (κ2) is 27.3. The average molecular weight is 1040 g/mol. The molecule has 0 spiro atoms. The largest absolute Gasteiger partial charge is 0.443 e. The predicted molar refractivity (Wildman–Crippen MR) is 279 cm³/mol. The van der Waals surface area contributed by atoms with E-state index < -0.39 is 69.7 Å². The number of benzene rings is 4. The van der Waals surface area contributed by atoms with Crippen LogP contribution >= 0.6 is 11.6 Å². The van der Waals surface area contributed by atoms with Gasteiger partial charge in [-0.05, 0) is 127 Å². The first-order chi connectivity index (χ1) is 32.7. The Morgan fingerprint density at radius 3 is 1.12 bits per heavy atom. The zero-order valence-electron chi connectivity index (χ0n) is 45.2. The predicted octanol–water partition coefficient (Wildman–Crippen LogP) is 16.1. The fourth-order valence-corrected chi connectivity index (χ4v) is 6.71. The Morgan fingerprint density at radius 1 is 0.583 bits per heavy atom. The molecule has 0 radical (unpaired) electrons. The van der Waals surface area contributed by atoms with Crippen LogP contribution in [0, 0.1) is 73.4 Å². The van der Waals surface area contributed by atoms with Gasteiger partial charge in [0.05, 0.1) is 18.8 Å². The highest BCUT2D eigenvalue weighted by atomic mass is 35.5. The molecule has 4 aromatic rings. The molecule has 0 fully saturated rings. The standard InChI is InChI=1S/C26H33F3N2O3.C20H23F3N2O2.C6H11ClO.C2H6.CH4/c1-15-20(28)23(21(29)16(2)22(15)30-19(32)13-25(3,4)5)31(24(33)34-26(6,7)8)14-17-9-11-18(27)12-10-17;1-11-15(22)18(16(23)12(2)17(11)24)25(19(26)27-20(3,4)5)10-13-6-8-14(21)9-7-13;1-6(2,3)4-5(7)8;1-2;/h9-12H,13-14H2,1-8H3,(H,30,32);6-9H,10,24H2,1-5H3;4H2,1-3H3;1-2H3;1H4/i;;;1D;. The number of rotatable bonds is 9.